The maximum absolute atomic E-state index is 12.9. The number of allylic oxidation sites excluding steroid dienone is 3. The molecule has 2 aliphatic carbocycles. The van der Waals surface area contributed by atoms with Crippen LogP contribution in [0.15, 0.2) is 48.1 Å². The lowest BCUT2D eigenvalue weighted by Crippen LogP contribution is -2.49. The molecule has 0 saturated carbocycles. The number of aliphatic hydroxyl groups is 1. The molecule has 13 nitrogen and oxygen atoms in total. The summed E-state index contributed by atoms with van der Waals surface area (Å²) in [7, 11) is 5.78. The summed E-state index contributed by atoms with van der Waals surface area (Å²) in [5.74, 6) is -1.81. The molecule has 1 aromatic carbocycles. The van der Waals surface area contributed by atoms with Gasteiger partial charge < -0.3 is 34.3 Å². The predicted octanol–water partition coefficient (Wildman–Crippen LogP) is 4.23. The minimum absolute atomic E-state index is 0.0160. The number of hydrogen-bond acceptors (Lipinski definition) is 11. The number of esters is 3. The number of carboxylic acids is 2. The van der Waals surface area contributed by atoms with Gasteiger partial charge in [-0.25, -0.2) is 4.79 Å². The molecule has 4 rings (SSSR count). The maximum Gasteiger partial charge on any atom is 0.339 e. The van der Waals surface area contributed by atoms with Crippen molar-refractivity contribution in [3.05, 3.63) is 53.6 Å². The van der Waals surface area contributed by atoms with Gasteiger partial charge in [-0.1, -0.05) is 51.1 Å². The number of carboxylic acid groups (broad SMARTS) is 2. The molecule has 0 spiro atoms. The molecule has 0 unspecified atom stereocenters. The molecule has 3 aliphatic rings. The summed E-state index contributed by atoms with van der Waals surface area (Å²) in [4.78, 5) is 55.7. The SMILES string of the molecule is CC(=O)Oc1ccccc1C(=O)O.CCC(C)(C)C(=O)O[C@H]1C[C@@H](C)C=C2C=C[C@H](C)[C@H](CC[C@@H]3C[C@@H](O)CC(=O)O3)[C@H]21.C[N+](C)(C)NCCC(=O)[O-]. The van der Waals surface area contributed by atoms with E-state index in [0.29, 0.717) is 35.3 Å². The summed E-state index contributed by atoms with van der Waals surface area (Å²) >= 11 is 0. The Labute approximate surface area is 313 Å². The number of para-hydroxylation sites is 1. The number of aliphatic carboxylic acids is 1. The number of quaternary nitrogens is 1. The lowest BCUT2D eigenvalue weighted by molar-refractivity contribution is -0.915. The van der Waals surface area contributed by atoms with E-state index in [4.69, 9.17) is 14.6 Å². The smallest absolute Gasteiger partial charge is 0.339 e. The predicted molar refractivity (Wildman–Crippen MR) is 196 cm³/mol. The average Bonchev–Trinajstić information content (AvgIpc) is 3.03. The quantitative estimate of drug-likeness (QED) is 0.120. The van der Waals surface area contributed by atoms with Crippen LogP contribution in [-0.4, -0.2) is 90.7 Å². The Morgan fingerprint density at radius 1 is 1.08 bits per heavy atom. The second kappa shape index (κ2) is 20.4. The third kappa shape index (κ3) is 15.4. The van der Waals surface area contributed by atoms with Gasteiger partial charge in [0.1, 0.15) is 23.5 Å². The summed E-state index contributed by atoms with van der Waals surface area (Å²) in [6, 6.07) is 5.98. The first-order valence-corrected chi connectivity index (χ1v) is 18.4. The van der Waals surface area contributed by atoms with E-state index in [-0.39, 0.29) is 54.2 Å². The van der Waals surface area contributed by atoms with Crippen LogP contribution in [0.2, 0.25) is 0 Å². The van der Waals surface area contributed by atoms with E-state index in [2.05, 4.69) is 42.2 Å². The van der Waals surface area contributed by atoms with Crippen molar-refractivity contribution in [1.29, 1.82) is 0 Å². The topological polar surface area (TPSA) is 189 Å². The van der Waals surface area contributed by atoms with Crippen molar-refractivity contribution in [3.63, 3.8) is 0 Å². The molecule has 1 heterocycles. The van der Waals surface area contributed by atoms with E-state index in [0.717, 1.165) is 25.7 Å². The molecule has 1 aliphatic heterocycles. The van der Waals surface area contributed by atoms with Crippen LogP contribution < -0.4 is 15.3 Å². The first-order chi connectivity index (χ1) is 24.6. The molecule has 0 aromatic heterocycles. The third-order valence-corrected chi connectivity index (χ3v) is 9.63. The number of rotatable bonds is 12. The molecule has 7 atom stereocenters. The number of carbonyl (C=O) groups excluding carboxylic acids is 4. The van der Waals surface area contributed by atoms with Gasteiger partial charge in [-0.15, -0.1) is 0 Å². The van der Waals surface area contributed by atoms with Crippen molar-refractivity contribution in [2.75, 3.05) is 27.7 Å². The highest BCUT2D eigenvalue weighted by molar-refractivity contribution is 5.91. The van der Waals surface area contributed by atoms with Crippen LogP contribution in [-0.2, 0) is 28.7 Å². The highest BCUT2D eigenvalue weighted by Crippen LogP contribution is 2.45. The fourth-order valence-corrected chi connectivity index (χ4v) is 6.46. The standard InChI is InChI=1S/C25H38O5.C9H8O4.C6H14N2O2/c1-6-25(4,5)24(28)30-21-12-15(2)11-17-8-7-16(3)20(23(17)21)10-9-19-13-18(26)14-22(27)29-19;1-6(10)13-8-5-3-2-4-7(8)9(11)12;1-8(2,3)7-5-4-6(9)10/h7-8,11,15-16,18-21,23,26H,6,9-10,12-14H2,1-5H3;2-5H,1H3,(H,11,12);7H,4-5H2,1-3H3/t15-,16-,18+,19+,20-,21-,23-;;/m0../s1. The molecule has 296 valence electrons. The zero-order chi connectivity index (χ0) is 40.1. The number of aromatic carboxylic acids is 1. The van der Waals surface area contributed by atoms with Gasteiger partial charge in [0.25, 0.3) is 0 Å². The van der Waals surface area contributed by atoms with Gasteiger partial charge in [0.15, 0.2) is 0 Å². The van der Waals surface area contributed by atoms with E-state index in [1.54, 1.807) is 12.1 Å². The first kappa shape index (κ1) is 45.1. The molecular formula is C40H60N2O11. The number of hydrogen-bond donors (Lipinski definition) is 3. The molecule has 1 fully saturated rings. The highest BCUT2D eigenvalue weighted by atomic mass is 16.6. The zero-order valence-electron chi connectivity index (χ0n) is 32.8. The van der Waals surface area contributed by atoms with E-state index in [1.807, 2.05) is 41.9 Å². The Hall–Kier alpha value is -4.07. The van der Waals surface area contributed by atoms with Gasteiger partial charge in [-0.2, -0.15) is 5.43 Å². The summed E-state index contributed by atoms with van der Waals surface area (Å²) in [6.07, 6.45) is 9.68. The van der Waals surface area contributed by atoms with Crippen molar-refractivity contribution in [2.45, 2.75) is 105 Å². The van der Waals surface area contributed by atoms with E-state index >= 15 is 0 Å². The molecule has 0 bridgehead atoms. The molecule has 1 saturated heterocycles. The number of ether oxygens (including phenoxy) is 3. The van der Waals surface area contributed by atoms with Gasteiger partial charge in [0.05, 0.1) is 39.1 Å². The van der Waals surface area contributed by atoms with Gasteiger partial charge >= 0.3 is 23.9 Å². The summed E-state index contributed by atoms with van der Waals surface area (Å²) in [6.45, 7) is 12.0. The minimum Gasteiger partial charge on any atom is -0.550 e. The molecule has 53 heavy (non-hydrogen) atoms. The number of aliphatic hydroxyl groups excluding tert-OH is 1. The maximum atomic E-state index is 12.9. The second-order valence-electron chi connectivity index (χ2n) is 15.7. The molecule has 0 amide bonds. The molecule has 13 heteroatoms. The van der Waals surface area contributed by atoms with Crippen LogP contribution in [0.25, 0.3) is 0 Å². The van der Waals surface area contributed by atoms with Crippen LogP contribution in [0.5, 0.6) is 5.75 Å². The number of cyclic esters (lactones) is 1. The number of nitrogens with zero attached hydrogens (tertiary/aromatic N) is 1. The summed E-state index contributed by atoms with van der Waals surface area (Å²) < 4.78 is 16.9. The monoisotopic (exact) mass is 744 g/mol. The average molecular weight is 745 g/mol. The van der Waals surface area contributed by atoms with E-state index in [9.17, 15) is 34.2 Å². The third-order valence-electron chi connectivity index (χ3n) is 9.63. The van der Waals surface area contributed by atoms with Crippen molar-refractivity contribution in [2.24, 2.45) is 29.1 Å². The van der Waals surface area contributed by atoms with Crippen molar-refractivity contribution < 1.29 is 58.1 Å². The largest absolute Gasteiger partial charge is 0.550 e. The Kier molecular flexibility index (Phi) is 17.4. The summed E-state index contributed by atoms with van der Waals surface area (Å²) in [5.41, 5.74) is 3.74. The Morgan fingerprint density at radius 3 is 2.30 bits per heavy atom. The van der Waals surface area contributed by atoms with Gasteiger partial charge in [0.2, 0.25) is 0 Å². The van der Waals surface area contributed by atoms with Crippen molar-refractivity contribution in [1.82, 2.24) is 5.43 Å². The lowest BCUT2D eigenvalue weighted by Gasteiger charge is -2.44. The number of benzene rings is 1. The van der Waals surface area contributed by atoms with Gasteiger partial charge in [-0.3, -0.25) is 19.0 Å². The Morgan fingerprint density at radius 2 is 1.74 bits per heavy atom. The Balaban J connectivity index is 0.000000347. The second-order valence-corrected chi connectivity index (χ2v) is 15.7. The fraction of sp³-hybridized carbons (Fsp3) is 0.625. The fourth-order valence-electron chi connectivity index (χ4n) is 6.46. The van der Waals surface area contributed by atoms with E-state index in [1.165, 1.54) is 24.6 Å². The number of nitrogens with one attached hydrogen (secondary N) is 1. The number of fused-ring (bicyclic) bond motifs is 1. The van der Waals surface area contributed by atoms with Gasteiger partial charge in [-0.05, 0) is 75.0 Å². The van der Waals surface area contributed by atoms with Crippen LogP contribution in [0.3, 0.4) is 0 Å². The van der Waals surface area contributed by atoms with Crippen molar-refractivity contribution >= 4 is 29.8 Å². The first-order valence-electron chi connectivity index (χ1n) is 18.4. The van der Waals surface area contributed by atoms with E-state index < -0.39 is 29.4 Å². The van der Waals surface area contributed by atoms with Gasteiger partial charge in [0, 0.05) is 38.2 Å². The summed E-state index contributed by atoms with van der Waals surface area (Å²) in [5, 5.41) is 28.5. The molecule has 3 N–H and O–H groups in total. The zero-order valence-corrected chi connectivity index (χ0v) is 32.8. The molecule has 0 radical (unpaired) electrons. The van der Waals surface area contributed by atoms with Crippen LogP contribution in [0.1, 0.15) is 96.8 Å². The van der Waals surface area contributed by atoms with Crippen LogP contribution >= 0.6 is 0 Å². The van der Waals surface area contributed by atoms with Crippen LogP contribution in [0.4, 0.5) is 0 Å². The minimum atomic E-state index is -1.11. The molecule has 1 aromatic rings. The molecular weight excluding hydrogens is 684 g/mol. The number of carbonyl (C=O) groups is 5. The lowest BCUT2D eigenvalue weighted by atomic mass is 9.65. The van der Waals surface area contributed by atoms with Crippen molar-refractivity contribution in [3.8, 4) is 5.75 Å². The normalized spacial score (nSPS) is 25.1. The van der Waals surface area contributed by atoms with Crippen LogP contribution in [0, 0.1) is 29.1 Å². The highest BCUT2D eigenvalue weighted by Gasteiger charge is 2.43. The Bertz CT molecular complexity index is 1480.